The molecule has 19 heavy (non-hydrogen) atoms. The quantitative estimate of drug-likeness (QED) is 0.783. The van der Waals surface area contributed by atoms with E-state index in [0.717, 1.165) is 25.7 Å². The number of carboxylic acid groups (broad SMARTS) is 1. The van der Waals surface area contributed by atoms with Crippen LogP contribution in [0.3, 0.4) is 0 Å². The first-order valence-electron chi connectivity index (χ1n) is 6.56. The van der Waals surface area contributed by atoms with Gasteiger partial charge in [-0.25, -0.2) is 9.59 Å². The number of carbonyl (C=O) groups excluding carboxylic acids is 1. The third-order valence-corrected chi connectivity index (χ3v) is 3.35. The second-order valence-corrected chi connectivity index (χ2v) is 4.78. The SMILES string of the molecule is O=C(Nc1ccccc1C(=O)O)NC1CCCCC1. The van der Waals surface area contributed by atoms with Crippen LogP contribution in [0.15, 0.2) is 24.3 Å². The number of rotatable bonds is 3. The standard InChI is InChI=1S/C14H18N2O3/c17-13(18)11-8-4-5-9-12(11)16-14(19)15-10-6-2-1-3-7-10/h4-5,8-10H,1-3,6-7H2,(H,17,18)(H2,15,16,19). The van der Waals surface area contributed by atoms with E-state index < -0.39 is 5.97 Å². The smallest absolute Gasteiger partial charge is 0.337 e. The van der Waals surface area contributed by atoms with E-state index in [-0.39, 0.29) is 17.6 Å². The van der Waals surface area contributed by atoms with Gasteiger partial charge in [0.25, 0.3) is 0 Å². The number of carbonyl (C=O) groups is 2. The Kier molecular flexibility index (Phi) is 4.39. The van der Waals surface area contributed by atoms with Crippen molar-refractivity contribution in [1.82, 2.24) is 5.32 Å². The monoisotopic (exact) mass is 262 g/mol. The summed E-state index contributed by atoms with van der Waals surface area (Å²) in [6.07, 6.45) is 5.48. The average molecular weight is 262 g/mol. The van der Waals surface area contributed by atoms with Crippen LogP contribution in [0.5, 0.6) is 0 Å². The molecule has 1 aromatic rings. The Hall–Kier alpha value is -2.04. The van der Waals surface area contributed by atoms with Gasteiger partial charge in [-0.1, -0.05) is 31.4 Å². The number of nitrogens with one attached hydrogen (secondary N) is 2. The lowest BCUT2D eigenvalue weighted by atomic mass is 9.96. The minimum absolute atomic E-state index is 0.0984. The molecule has 0 unspecified atom stereocenters. The van der Waals surface area contributed by atoms with Crippen LogP contribution in [0.4, 0.5) is 10.5 Å². The summed E-state index contributed by atoms with van der Waals surface area (Å²) in [6.45, 7) is 0. The van der Waals surface area contributed by atoms with Gasteiger partial charge in [0, 0.05) is 6.04 Å². The molecule has 102 valence electrons. The van der Waals surface area contributed by atoms with E-state index in [1.807, 2.05) is 0 Å². The number of para-hydroxylation sites is 1. The summed E-state index contributed by atoms with van der Waals surface area (Å²) >= 11 is 0. The number of urea groups is 1. The molecule has 0 aromatic heterocycles. The molecule has 3 N–H and O–H groups in total. The molecule has 5 heteroatoms. The molecule has 5 nitrogen and oxygen atoms in total. The third-order valence-electron chi connectivity index (χ3n) is 3.35. The van der Waals surface area contributed by atoms with Gasteiger partial charge in [-0.05, 0) is 25.0 Å². The van der Waals surface area contributed by atoms with Gasteiger partial charge in [-0.2, -0.15) is 0 Å². The van der Waals surface area contributed by atoms with Crippen LogP contribution in [0.2, 0.25) is 0 Å². The van der Waals surface area contributed by atoms with Gasteiger partial charge in [0.2, 0.25) is 0 Å². The van der Waals surface area contributed by atoms with E-state index in [0.29, 0.717) is 5.69 Å². The molecule has 0 atom stereocenters. The molecule has 0 saturated heterocycles. The largest absolute Gasteiger partial charge is 0.478 e. The molecule has 2 amide bonds. The molecule has 1 saturated carbocycles. The number of amides is 2. The first kappa shape index (κ1) is 13.4. The summed E-state index contributed by atoms with van der Waals surface area (Å²) in [5.74, 6) is -1.05. The van der Waals surface area contributed by atoms with Gasteiger partial charge in [0.15, 0.2) is 0 Å². The first-order valence-corrected chi connectivity index (χ1v) is 6.56. The minimum Gasteiger partial charge on any atom is -0.478 e. The Morgan fingerprint density at radius 3 is 2.47 bits per heavy atom. The van der Waals surface area contributed by atoms with Crippen LogP contribution in [-0.4, -0.2) is 23.1 Å². The molecule has 1 aliphatic rings. The molecule has 1 fully saturated rings. The maximum absolute atomic E-state index is 11.8. The van der Waals surface area contributed by atoms with Crippen LogP contribution in [-0.2, 0) is 0 Å². The van der Waals surface area contributed by atoms with Crippen molar-refractivity contribution in [3.8, 4) is 0 Å². The Bertz CT molecular complexity index is 468. The van der Waals surface area contributed by atoms with E-state index in [1.54, 1.807) is 18.2 Å². The summed E-state index contributed by atoms with van der Waals surface area (Å²) in [5, 5.41) is 14.5. The van der Waals surface area contributed by atoms with Crippen molar-refractivity contribution < 1.29 is 14.7 Å². The summed E-state index contributed by atoms with van der Waals surface area (Å²) in [5.41, 5.74) is 0.421. The number of carboxylic acids is 1. The minimum atomic E-state index is -1.05. The molecule has 0 spiro atoms. The molecule has 0 heterocycles. The molecule has 0 radical (unpaired) electrons. The fraction of sp³-hybridized carbons (Fsp3) is 0.429. The van der Waals surface area contributed by atoms with E-state index >= 15 is 0 Å². The number of hydrogen-bond acceptors (Lipinski definition) is 2. The van der Waals surface area contributed by atoms with Crippen LogP contribution in [0.1, 0.15) is 42.5 Å². The Morgan fingerprint density at radius 2 is 1.79 bits per heavy atom. The summed E-state index contributed by atoms with van der Waals surface area (Å²) in [6, 6.07) is 6.25. The van der Waals surface area contributed by atoms with Crippen molar-refractivity contribution in [2.24, 2.45) is 0 Å². The van der Waals surface area contributed by atoms with Crippen molar-refractivity contribution in [2.75, 3.05) is 5.32 Å². The zero-order valence-electron chi connectivity index (χ0n) is 10.7. The number of anilines is 1. The highest BCUT2D eigenvalue weighted by atomic mass is 16.4. The van der Waals surface area contributed by atoms with Crippen molar-refractivity contribution in [3.63, 3.8) is 0 Å². The maximum Gasteiger partial charge on any atom is 0.337 e. The number of aromatic carboxylic acids is 1. The van der Waals surface area contributed by atoms with Gasteiger partial charge in [0.1, 0.15) is 0 Å². The first-order chi connectivity index (χ1) is 9.16. The molecule has 1 aliphatic carbocycles. The van der Waals surface area contributed by atoms with Crippen molar-refractivity contribution in [3.05, 3.63) is 29.8 Å². The highest BCUT2D eigenvalue weighted by Gasteiger charge is 2.17. The van der Waals surface area contributed by atoms with E-state index in [9.17, 15) is 9.59 Å². The van der Waals surface area contributed by atoms with Crippen LogP contribution >= 0.6 is 0 Å². The predicted molar refractivity (Wildman–Crippen MR) is 72.4 cm³/mol. The van der Waals surface area contributed by atoms with Crippen molar-refractivity contribution in [1.29, 1.82) is 0 Å². The summed E-state index contributed by atoms with van der Waals surface area (Å²) in [4.78, 5) is 22.9. The highest BCUT2D eigenvalue weighted by Crippen LogP contribution is 2.18. The van der Waals surface area contributed by atoms with Gasteiger partial charge in [-0.15, -0.1) is 0 Å². The third kappa shape index (κ3) is 3.71. The lowest BCUT2D eigenvalue weighted by molar-refractivity contribution is 0.0698. The number of hydrogen-bond donors (Lipinski definition) is 3. The summed E-state index contributed by atoms with van der Waals surface area (Å²) in [7, 11) is 0. The Morgan fingerprint density at radius 1 is 1.11 bits per heavy atom. The molecular weight excluding hydrogens is 244 g/mol. The zero-order chi connectivity index (χ0) is 13.7. The van der Waals surface area contributed by atoms with E-state index in [4.69, 9.17) is 5.11 Å². The summed E-state index contributed by atoms with van der Waals surface area (Å²) < 4.78 is 0. The Labute approximate surface area is 112 Å². The highest BCUT2D eigenvalue weighted by molar-refractivity contribution is 5.99. The number of benzene rings is 1. The van der Waals surface area contributed by atoms with Gasteiger partial charge >= 0.3 is 12.0 Å². The van der Waals surface area contributed by atoms with E-state index in [1.165, 1.54) is 12.5 Å². The zero-order valence-corrected chi connectivity index (χ0v) is 10.7. The topological polar surface area (TPSA) is 78.4 Å². The molecule has 1 aromatic carbocycles. The van der Waals surface area contributed by atoms with Crippen LogP contribution < -0.4 is 10.6 Å². The van der Waals surface area contributed by atoms with Crippen LogP contribution in [0.25, 0.3) is 0 Å². The van der Waals surface area contributed by atoms with Gasteiger partial charge in [-0.3, -0.25) is 0 Å². The lowest BCUT2D eigenvalue weighted by Gasteiger charge is -2.23. The molecule has 0 aliphatic heterocycles. The Balaban J connectivity index is 1.96. The maximum atomic E-state index is 11.8. The molecule has 0 bridgehead atoms. The fourth-order valence-electron chi connectivity index (χ4n) is 2.37. The molecule has 2 rings (SSSR count). The second kappa shape index (κ2) is 6.22. The van der Waals surface area contributed by atoms with Crippen LogP contribution in [0, 0.1) is 0 Å². The van der Waals surface area contributed by atoms with Crippen molar-refractivity contribution >= 4 is 17.7 Å². The van der Waals surface area contributed by atoms with E-state index in [2.05, 4.69) is 10.6 Å². The fourth-order valence-corrected chi connectivity index (χ4v) is 2.37. The predicted octanol–water partition coefficient (Wildman–Crippen LogP) is 2.84. The molecular formula is C14H18N2O3. The average Bonchev–Trinajstić information content (AvgIpc) is 2.40. The second-order valence-electron chi connectivity index (χ2n) is 4.78. The lowest BCUT2D eigenvalue weighted by Crippen LogP contribution is -2.39. The van der Waals surface area contributed by atoms with Gasteiger partial charge < -0.3 is 15.7 Å². The van der Waals surface area contributed by atoms with Crippen molar-refractivity contribution in [2.45, 2.75) is 38.1 Å². The normalized spacial score (nSPS) is 15.8. The van der Waals surface area contributed by atoms with Gasteiger partial charge in [0.05, 0.1) is 11.3 Å².